The number of hydrogen-bond acceptors (Lipinski definition) is 2. The molecule has 7 heteroatoms. The molecule has 1 N–H and O–H groups in total. The number of aliphatic carboxylic acids is 1. The van der Waals surface area contributed by atoms with Crippen LogP contribution >= 0.6 is 0 Å². The number of likely N-dealkylation sites (tertiary alicyclic amines) is 1. The number of carboxylic acid groups (broad SMARTS) is 1. The van der Waals surface area contributed by atoms with Gasteiger partial charge in [0.25, 0.3) is 0 Å². The molecule has 1 saturated heterocycles. The SMILES string of the molecule is O=C(O)C1CCN(Cc2cc(C(F)(F)F)ccc2F)C1. The number of carboxylic acids is 1. The molecule has 0 aliphatic carbocycles. The first-order valence-corrected chi connectivity index (χ1v) is 6.08. The summed E-state index contributed by atoms with van der Waals surface area (Å²) >= 11 is 0. The van der Waals surface area contributed by atoms with Crippen LogP contribution in [0.25, 0.3) is 0 Å². The van der Waals surface area contributed by atoms with E-state index < -0.39 is 29.4 Å². The highest BCUT2D eigenvalue weighted by Crippen LogP contribution is 2.31. The standard InChI is InChI=1S/C13H13F4NO2/c14-11-2-1-10(13(15,16)17)5-9(11)7-18-4-3-8(6-18)12(19)20/h1-2,5,8H,3-4,6-7H2,(H,19,20). The lowest BCUT2D eigenvalue weighted by Gasteiger charge is -2.17. The first kappa shape index (κ1) is 14.8. The van der Waals surface area contributed by atoms with Crippen molar-refractivity contribution in [2.75, 3.05) is 13.1 Å². The Hall–Kier alpha value is -1.63. The molecule has 0 radical (unpaired) electrons. The van der Waals surface area contributed by atoms with E-state index in [-0.39, 0.29) is 18.7 Å². The normalized spacial score (nSPS) is 20.3. The Morgan fingerprint density at radius 2 is 2.10 bits per heavy atom. The molecule has 3 nitrogen and oxygen atoms in total. The molecule has 1 aliphatic heterocycles. The third-order valence-corrected chi connectivity index (χ3v) is 3.39. The average molecular weight is 291 g/mol. The molecule has 1 heterocycles. The Morgan fingerprint density at radius 1 is 1.40 bits per heavy atom. The van der Waals surface area contributed by atoms with Gasteiger partial charge in [0.2, 0.25) is 0 Å². The van der Waals surface area contributed by atoms with Gasteiger partial charge in [0.05, 0.1) is 11.5 Å². The van der Waals surface area contributed by atoms with E-state index in [1.165, 1.54) is 0 Å². The number of hydrogen-bond donors (Lipinski definition) is 1. The van der Waals surface area contributed by atoms with Gasteiger partial charge in [0, 0.05) is 18.7 Å². The Bertz CT molecular complexity index is 516. The van der Waals surface area contributed by atoms with Crippen LogP contribution in [0.1, 0.15) is 17.5 Å². The first-order valence-electron chi connectivity index (χ1n) is 6.08. The van der Waals surface area contributed by atoms with Crippen molar-refractivity contribution < 1.29 is 27.5 Å². The molecule has 1 fully saturated rings. The summed E-state index contributed by atoms with van der Waals surface area (Å²) in [5.74, 6) is -2.18. The molecule has 1 unspecified atom stereocenters. The van der Waals surface area contributed by atoms with Gasteiger partial charge in [0.1, 0.15) is 5.82 Å². The Morgan fingerprint density at radius 3 is 2.65 bits per heavy atom. The van der Waals surface area contributed by atoms with E-state index in [1.807, 2.05) is 0 Å². The fraction of sp³-hybridized carbons (Fsp3) is 0.462. The number of alkyl halides is 3. The topological polar surface area (TPSA) is 40.5 Å². The van der Waals surface area contributed by atoms with E-state index in [0.29, 0.717) is 19.0 Å². The van der Waals surface area contributed by atoms with Crippen molar-refractivity contribution in [2.24, 2.45) is 5.92 Å². The lowest BCUT2D eigenvalue weighted by molar-refractivity contribution is -0.141. The van der Waals surface area contributed by atoms with E-state index in [0.717, 1.165) is 12.1 Å². The first-order chi connectivity index (χ1) is 9.27. The molecule has 0 spiro atoms. The van der Waals surface area contributed by atoms with Crippen LogP contribution in [0.2, 0.25) is 0 Å². The zero-order valence-electron chi connectivity index (χ0n) is 10.5. The monoisotopic (exact) mass is 291 g/mol. The predicted molar refractivity (Wildman–Crippen MR) is 62.4 cm³/mol. The van der Waals surface area contributed by atoms with Gasteiger partial charge in [-0.3, -0.25) is 9.69 Å². The molecule has 0 amide bonds. The average Bonchev–Trinajstić information content (AvgIpc) is 2.79. The van der Waals surface area contributed by atoms with Crippen molar-refractivity contribution in [2.45, 2.75) is 19.1 Å². The molecule has 0 aromatic heterocycles. The number of benzene rings is 1. The second-order valence-electron chi connectivity index (χ2n) is 4.86. The van der Waals surface area contributed by atoms with Crippen LogP contribution in [0, 0.1) is 11.7 Å². The van der Waals surface area contributed by atoms with Gasteiger partial charge in [0.15, 0.2) is 0 Å². The zero-order valence-corrected chi connectivity index (χ0v) is 10.5. The second-order valence-corrected chi connectivity index (χ2v) is 4.86. The van der Waals surface area contributed by atoms with Crippen molar-refractivity contribution in [3.05, 3.63) is 35.1 Å². The van der Waals surface area contributed by atoms with Crippen molar-refractivity contribution in [1.82, 2.24) is 4.90 Å². The molecule has 110 valence electrons. The summed E-state index contributed by atoms with van der Waals surface area (Å²) in [6.45, 7) is 0.650. The number of carbonyl (C=O) groups is 1. The van der Waals surface area contributed by atoms with Crippen LogP contribution in [0.4, 0.5) is 17.6 Å². The summed E-state index contributed by atoms with van der Waals surface area (Å²) in [5, 5.41) is 8.85. The van der Waals surface area contributed by atoms with Gasteiger partial charge in [-0.05, 0) is 31.2 Å². The van der Waals surface area contributed by atoms with Crippen LogP contribution in [-0.2, 0) is 17.5 Å². The fourth-order valence-electron chi connectivity index (χ4n) is 2.29. The zero-order chi connectivity index (χ0) is 14.9. The largest absolute Gasteiger partial charge is 0.481 e. The van der Waals surface area contributed by atoms with E-state index >= 15 is 0 Å². The second kappa shape index (κ2) is 5.40. The minimum Gasteiger partial charge on any atom is -0.481 e. The quantitative estimate of drug-likeness (QED) is 0.871. The van der Waals surface area contributed by atoms with Crippen LogP contribution in [-0.4, -0.2) is 29.1 Å². The summed E-state index contributed by atoms with van der Waals surface area (Å²) < 4.78 is 51.3. The molecule has 1 atom stereocenters. The van der Waals surface area contributed by atoms with Gasteiger partial charge in [-0.2, -0.15) is 13.2 Å². The molecule has 0 bridgehead atoms. The molecule has 1 aromatic carbocycles. The highest BCUT2D eigenvalue weighted by atomic mass is 19.4. The van der Waals surface area contributed by atoms with Crippen LogP contribution < -0.4 is 0 Å². The molecule has 20 heavy (non-hydrogen) atoms. The van der Waals surface area contributed by atoms with Gasteiger partial charge >= 0.3 is 12.1 Å². The molecule has 1 aromatic rings. The van der Waals surface area contributed by atoms with Crippen molar-refractivity contribution in [3.8, 4) is 0 Å². The molecule has 1 aliphatic rings. The van der Waals surface area contributed by atoms with Gasteiger partial charge < -0.3 is 5.11 Å². The Labute approximate surface area is 112 Å². The third kappa shape index (κ3) is 3.27. The summed E-state index contributed by atoms with van der Waals surface area (Å²) in [7, 11) is 0. The molecule has 0 saturated carbocycles. The summed E-state index contributed by atoms with van der Waals surface area (Å²) in [6, 6.07) is 2.27. The van der Waals surface area contributed by atoms with E-state index in [1.54, 1.807) is 4.90 Å². The summed E-state index contributed by atoms with van der Waals surface area (Å²) in [4.78, 5) is 12.5. The Balaban J connectivity index is 2.12. The molecular weight excluding hydrogens is 278 g/mol. The van der Waals surface area contributed by atoms with Gasteiger partial charge in [-0.1, -0.05) is 0 Å². The number of halogens is 4. The number of rotatable bonds is 3. The fourth-order valence-corrected chi connectivity index (χ4v) is 2.29. The summed E-state index contributed by atoms with van der Waals surface area (Å²) in [6.07, 6.45) is -4.09. The van der Waals surface area contributed by atoms with Gasteiger partial charge in [-0.15, -0.1) is 0 Å². The predicted octanol–water partition coefficient (Wildman–Crippen LogP) is 2.75. The maximum Gasteiger partial charge on any atom is 0.416 e. The van der Waals surface area contributed by atoms with Crippen LogP contribution in [0.5, 0.6) is 0 Å². The van der Waals surface area contributed by atoms with Gasteiger partial charge in [-0.25, -0.2) is 4.39 Å². The van der Waals surface area contributed by atoms with Crippen molar-refractivity contribution >= 4 is 5.97 Å². The lowest BCUT2D eigenvalue weighted by Crippen LogP contribution is -2.23. The lowest BCUT2D eigenvalue weighted by atomic mass is 10.1. The maximum atomic E-state index is 13.6. The summed E-state index contributed by atoms with van der Waals surface area (Å²) in [5.41, 5.74) is -0.964. The highest BCUT2D eigenvalue weighted by molar-refractivity contribution is 5.70. The molecule has 2 rings (SSSR count). The number of nitrogens with zero attached hydrogens (tertiary/aromatic N) is 1. The third-order valence-electron chi connectivity index (χ3n) is 3.39. The Kier molecular flexibility index (Phi) is 3.99. The van der Waals surface area contributed by atoms with Crippen LogP contribution in [0.3, 0.4) is 0 Å². The van der Waals surface area contributed by atoms with Crippen molar-refractivity contribution in [3.63, 3.8) is 0 Å². The highest BCUT2D eigenvalue weighted by Gasteiger charge is 2.32. The van der Waals surface area contributed by atoms with E-state index in [9.17, 15) is 22.4 Å². The molecular formula is C13H13F4NO2. The van der Waals surface area contributed by atoms with E-state index in [4.69, 9.17) is 5.11 Å². The minimum absolute atomic E-state index is 0.0144. The smallest absolute Gasteiger partial charge is 0.416 e. The van der Waals surface area contributed by atoms with Crippen LogP contribution in [0.15, 0.2) is 18.2 Å². The van der Waals surface area contributed by atoms with E-state index in [2.05, 4.69) is 0 Å². The van der Waals surface area contributed by atoms with Crippen molar-refractivity contribution in [1.29, 1.82) is 0 Å². The minimum atomic E-state index is -4.52. The maximum absolute atomic E-state index is 13.6.